The van der Waals surface area contributed by atoms with Crippen molar-refractivity contribution in [1.82, 2.24) is 0 Å². The van der Waals surface area contributed by atoms with Gasteiger partial charge < -0.3 is 4.74 Å². The van der Waals surface area contributed by atoms with E-state index >= 15 is 0 Å². The average molecular weight is 244 g/mol. The monoisotopic (exact) mass is 244 g/mol. The maximum absolute atomic E-state index is 12.2. The number of hydrogen-bond acceptors (Lipinski definition) is 4. The van der Waals surface area contributed by atoms with E-state index in [9.17, 15) is 14.4 Å². The minimum Gasteiger partial charge on any atom is -0.422 e. The summed E-state index contributed by atoms with van der Waals surface area (Å²) in [5, 5.41) is 0. The zero-order valence-corrected chi connectivity index (χ0v) is 10.1. The molecule has 2 rings (SSSR count). The summed E-state index contributed by atoms with van der Waals surface area (Å²) in [6.45, 7) is 2.95. The molecule has 1 aliphatic rings. The van der Waals surface area contributed by atoms with Gasteiger partial charge in [0.05, 0.1) is 0 Å². The molecule has 0 spiro atoms. The molecule has 0 radical (unpaired) electrons. The van der Waals surface area contributed by atoms with Gasteiger partial charge in [-0.3, -0.25) is 14.4 Å². The number of esters is 1. The van der Waals surface area contributed by atoms with Gasteiger partial charge in [-0.05, 0) is 6.42 Å². The number of fused-ring (bicyclic) bond motifs is 1. The molecule has 1 aliphatic carbocycles. The topological polar surface area (TPSA) is 60.4 Å². The van der Waals surface area contributed by atoms with Crippen LogP contribution in [0.2, 0.25) is 0 Å². The van der Waals surface area contributed by atoms with Crippen LogP contribution in [0.25, 0.3) is 0 Å². The Morgan fingerprint density at radius 3 is 2.17 bits per heavy atom. The molecule has 0 heterocycles. The quantitative estimate of drug-likeness (QED) is 0.749. The van der Waals surface area contributed by atoms with Gasteiger partial charge >= 0.3 is 5.97 Å². The first-order valence-corrected chi connectivity index (χ1v) is 5.66. The third-order valence-corrected chi connectivity index (χ3v) is 2.77. The van der Waals surface area contributed by atoms with E-state index in [1.165, 1.54) is 6.92 Å². The fourth-order valence-corrected chi connectivity index (χ4v) is 1.98. The van der Waals surface area contributed by atoms with Crippen molar-refractivity contribution >= 4 is 17.5 Å². The molecular formula is C14H12O4. The fourth-order valence-electron chi connectivity index (χ4n) is 1.98. The van der Waals surface area contributed by atoms with E-state index in [4.69, 9.17) is 4.74 Å². The van der Waals surface area contributed by atoms with E-state index in [-0.39, 0.29) is 22.7 Å². The molecule has 92 valence electrons. The predicted molar refractivity (Wildman–Crippen MR) is 64.2 cm³/mol. The van der Waals surface area contributed by atoms with Crippen molar-refractivity contribution in [1.29, 1.82) is 0 Å². The summed E-state index contributed by atoms with van der Waals surface area (Å²) < 4.78 is 4.90. The number of ether oxygens (including phenoxy) is 1. The largest absolute Gasteiger partial charge is 0.422 e. The van der Waals surface area contributed by atoms with Crippen molar-refractivity contribution in [3.63, 3.8) is 0 Å². The highest BCUT2D eigenvalue weighted by molar-refractivity contribution is 6.26. The lowest BCUT2D eigenvalue weighted by molar-refractivity contribution is -0.136. The number of carbonyl (C=O) groups is 3. The van der Waals surface area contributed by atoms with Crippen molar-refractivity contribution in [2.24, 2.45) is 0 Å². The summed E-state index contributed by atoms with van der Waals surface area (Å²) in [6.07, 6.45) is 0.349. The molecule has 4 heteroatoms. The van der Waals surface area contributed by atoms with Crippen LogP contribution in [0.15, 0.2) is 35.6 Å². The van der Waals surface area contributed by atoms with Crippen molar-refractivity contribution in [2.45, 2.75) is 20.3 Å². The lowest BCUT2D eigenvalue weighted by Gasteiger charge is -2.19. The van der Waals surface area contributed by atoms with Gasteiger partial charge in [-0.15, -0.1) is 0 Å². The molecule has 0 unspecified atom stereocenters. The number of rotatable bonds is 2. The van der Waals surface area contributed by atoms with Gasteiger partial charge in [0, 0.05) is 23.6 Å². The van der Waals surface area contributed by atoms with E-state index in [1.807, 2.05) is 0 Å². The highest BCUT2D eigenvalue weighted by Crippen LogP contribution is 2.28. The Hall–Kier alpha value is -2.23. The molecule has 0 atom stereocenters. The van der Waals surface area contributed by atoms with Crippen molar-refractivity contribution in [2.75, 3.05) is 0 Å². The second-order valence-electron chi connectivity index (χ2n) is 3.96. The molecule has 0 saturated carbocycles. The first-order chi connectivity index (χ1) is 8.56. The molecule has 1 aromatic rings. The van der Waals surface area contributed by atoms with Crippen LogP contribution in [0.5, 0.6) is 0 Å². The Morgan fingerprint density at radius 2 is 1.67 bits per heavy atom. The lowest BCUT2D eigenvalue weighted by Crippen LogP contribution is -2.24. The second kappa shape index (κ2) is 4.56. The first kappa shape index (κ1) is 12.2. The second-order valence-corrected chi connectivity index (χ2v) is 3.96. The van der Waals surface area contributed by atoms with Crippen LogP contribution in [0.3, 0.4) is 0 Å². The van der Waals surface area contributed by atoms with Crippen LogP contribution in [-0.4, -0.2) is 17.5 Å². The molecule has 0 N–H and O–H groups in total. The van der Waals surface area contributed by atoms with Crippen LogP contribution >= 0.6 is 0 Å². The van der Waals surface area contributed by atoms with Crippen LogP contribution in [0, 0.1) is 0 Å². The van der Waals surface area contributed by atoms with Gasteiger partial charge in [0.2, 0.25) is 5.78 Å². The van der Waals surface area contributed by atoms with E-state index in [0.717, 1.165) is 0 Å². The van der Waals surface area contributed by atoms with Crippen LogP contribution in [0.1, 0.15) is 41.0 Å². The smallest absolute Gasteiger partial charge is 0.308 e. The Bertz CT molecular complexity index is 581. The van der Waals surface area contributed by atoms with Gasteiger partial charge in [-0.2, -0.15) is 0 Å². The molecule has 0 aliphatic heterocycles. The highest BCUT2D eigenvalue weighted by Gasteiger charge is 2.33. The predicted octanol–water partition coefficient (Wildman–Crippen LogP) is 2.29. The van der Waals surface area contributed by atoms with Crippen molar-refractivity contribution < 1.29 is 19.1 Å². The summed E-state index contributed by atoms with van der Waals surface area (Å²) in [7, 11) is 0. The van der Waals surface area contributed by atoms with Gasteiger partial charge in [0.25, 0.3) is 0 Å². The van der Waals surface area contributed by atoms with Gasteiger partial charge in [-0.1, -0.05) is 31.2 Å². The molecular weight excluding hydrogens is 232 g/mol. The van der Waals surface area contributed by atoms with Crippen molar-refractivity contribution in [3.8, 4) is 0 Å². The zero-order valence-electron chi connectivity index (χ0n) is 10.1. The van der Waals surface area contributed by atoms with E-state index in [0.29, 0.717) is 12.0 Å². The summed E-state index contributed by atoms with van der Waals surface area (Å²) in [6, 6.07) is 6.54. The maximum atomic E-state index is 12.2. The van der Waals surface area contributed by atoms with E-state index < -0.39 is 11.8 Å². The molecule has 0 fully saturated rings. The molecule has 0 saturated heterocycles. The SMILES string of the molecule is CCC1=C(OC(C)=O)C(=O)c2ccccc2C1=O. The lowest BCUT2D eigenvalue weighted by atomic mass is 9.87. The molecule has 1 aromatic carbocycles. The van der Waals surface area contributed by atoms with E-state index in [1.54, 1.807) is 31.2 Å². The normalized spacial score (nSPS) is 14.6. The number of hydrogen-bond donors (Lipinski definition) is 0. The minimum absolute atomic E-state index is 0.131. The maximum Gasteiger partial charge on any atom is 0.308 e. The van der Waals surface area contributed by atoms with Gasteiger partial charge in [-0.25, -0.2) is 0 Å². The van der Waals surface area contributed by atoms with Crippen LogP contribution < -0.4 is 0 Å². The molecule has 0 aromatic heterocycles. The summed E-state index contributed by atoms with van der Waals surface area (Å²) >= 11 is 0. The Balaban J connectivity index is 2.61. The number of benzene rings is 1. The Labute approximate surface area is 104 Å². The summed E-state index contributed by atoms with van der Waals surface area (Å²) in [4.78, 5) is 35.4. The van der Waals surface area contributed by atoms with Gasteiger partial charge in [0.15, 0.2) is 11.5 Å². The first-order valence-electron chi connectivity index (χ1n) is 5.66. The Morgan fingerprint density at radius 1 is 1.11 bits per heavy atom. The summed E-state index contributed by atoms with van der Waals surface area (Å²) in [5.74, 6) is -1.38. The number of Topliss-reactive ketones (excluding diaryl/α,β-unsaturated/α-hetero) is 2. The van der Waals surface area contributed by atoms with E-state index in [2.05, 4.69) is 0 Å². The van der Waals surface area contributed by atoms with Crippen molar-refractivity contribution in [3.05, 3.63) is 46.7 Å². The Kier molecular flexibility index (Phi) is 3.10. The molecule has 18 heavy (non-hydrogen) atoms. The van der Waals surface area contributed by atoms with Gasteiger partial charge in [0.1, 0.15) is 0 Å². The van der Waals surface area contributed by atoms with Crippen LogP contribution in [0.4, 0.5) is 0 Å². The summed E-state index contributed by atoms with van der Waals surface area (Å²) in [5.41, 5.74) is 0.917. The third-order valence-electron chi connectivity index (χ3n) is 2.77. The number of allylic oxidation sites excluding steroid dienone is 2. The third kappa shape index (κ3) is 1.86. The highest BCUT2D eigenvalue weighted by atomic mass is 16.5. The zero-order chi connectivity index (χ0) is 13.3. The fraction of sp³-hybridized carbons (Fsp3) is 0.214. The standard InChI is InChI=1S/C14H12O4/c1-3-9-12(16)10-6-4-5-7-11(10)13(17)14(9)18-8(2)15/h4-7H,3H2,1-2H3. The average Bonchev–Trinajstić information content (AvgIpc) is 2.36. The number of carbonyl (C=O) groups excluding carboxylic acids is 3. The number of ketones is 2. The molecule has 4 nitrogen and oxygen atoms in total. The van der Waals surface area contributed by atoms with Crippen LogP contribution in [-0.2, 0) is 9.53 Å². The minimum atomic E-state index is -0.600. The molecule has 0 bridgehead atoms. The molecule has 0 amide bonds.